The first-order valence-corrected chi connectivity index (χ1v) is 11.4. The van der Waals surface area contributed by atoms with Crippen LogP contribution in [0.25, 0.3) is 0 Å². The van der Waals surface area contributed by atoms with E-state index < -0.39 is 10.2 Å². The van der Waals surface area contributed by atoms with Crippen molar-refractivity contribution in [3.63, 3.8) is 0 Å². The van der Waals surface area contributed by atoms with Crippen LogP contribution in [0.15, 0.2) is 11.4 Å². The number of carbonyl (C=O) groups is 1. The van der Waals surface area contributed by atoms with Crippen LogP contribution in [0.4, 0.5) is 0 Å². The molecule has 0 unspecified atom stereocenters. The predicted molar refractivity (Wildman–Crippen MR) is 100 cm³/mol. The number of hydrogen-bond acceptors (Lipinski definition) is 4. The third-order valence-corrected chi connectivity index (χ3v) is 8.08. The Kier molecular flexibility index (Phi) is 6.14. The smallest absolute Gasteiger partial charge is 0.282 e. The molecular formula is C17H27N3O3S2. The quantitative estimate of drug-likeness (QED) is 0.798. The second-order valence-corrected chi connectivity index (χ2v) is 9.59. The fourth-order valence-electron chi connectivity index (χ4n) is 3.45. The van der Waals surface area contributed by atoms with Gasteiger partial charge in [-0.25, -0.2) is 0 Å². The molecule has 3 heterocycles. The van der Waals surface area contributed by atoms with Crippen molar-refractivity contribution in [1.29, 1.82) is 0 Å². The van der Waals surface area contributed by atoms with Crippen LogP contribution in [0.5, 0.6) is 0 Å². The number of amides is 1. The van der Waals surface area contributed by atoms with Crippen LogP contribution in [0, 0.1) is 0 Å². The molecule has 140 valence electrons. The van der Waals surface area contributed by atoms with Crippen molar-refractivity contribution in [3.8, 4) is 0 Å². The Morgan fingerprint density at radius 1 is 1.00 bits per heavy atom. The molecule has 2 aliphatic heterocycles. The molecule has 3 rings (SSSR count). The number of piperidine rings is 1. The minimum absolute atomic E-state index is 0.0215. The van der Waals surface area contributed by atoms with Crippen molar-refractivity contribution in [2.45, 2.75) is 39.0 Å². The molecule has 0 saturated carbocycles. The van der Waals surface area contributed by atoms with Gasteiger partial charge in [-0.3, -0.25) is 4.79 Å². The van der Waals surface area contributed by atoms with Crippen LogP contribution in [0.3, 0.4) is 0 Å². The Hall–Kier alpha value is -0.960. The molecule has 2 fully saturated rings. The first-order valence-electron chi connectivity index (χ1n) is 9.14. The fraction of sp³-hybridized carbons (Fsp3) is 0.706. The summed E-state index contributed by atoms with van der Waals surface area (Å²) in [4.78, 5) is 15.7. The SMILES string of the molecule is CCc1cc(C(=O)N2CCCN(S(=O)(=O)N3CCCCC3)CC2)cs1. The van der Waals surface area contributed by atoms with Crippen molar-refractivity contribution >= 4 is 27.5 Å². The van der Waals surface area contributed by atoms with E-state index >= 15 is 0 Å². The van der Waals surface area contributed by atoms with Gasteiger partial charge in [0, 0.05) is 49.5 Å². The second-order valence-electron chi connectivity index (χ2n) is 6.67. The number of carbonyl (C=O) groups excluding carboxylic acids is 1. The summed E-state index contributed by atoms with van der Waals surface area (Å²) in [6.07, 6.45) is 4.60. The molecule has 0 spiro atoms. The van der Waals surface area contributed by atoms with Crippen LogP contribution in [0.1, 0.15) is 47.8 Å². The summed E-state index contributed by atoms with van der Waals surface area (Å²) in [5.41, 5.74) is 0.731. The summed E-state index contributed by atoms with van der Waals surface area (Å²) in [5.74, 6) is 0.0215. The molecule has 2 saturated heterocycles. The first-order chi connectivity index (χ1) is 12.0. The topological polar surface area (TPSA) is 60.9 Å². The zero-order valence-electron chi connectivity index (χ0n) is 14.8. The summed E-state index contributed by atoms with van der Waals surface area (Å²) >= 11 is 1.61. The molecule has 0 aliphatic carbocycles. The molecule has 0 N–H and O–H groups in total. The van der Waals surface area contributed by atoms with Crippen molar-refractivity contribution < 1.29 is 13.2 Å². The van der Waals surface area contributed by atoms with Gasteiger partial charge in [0.1, 0.15) is 0 Å². The number of rotatable bonds is 4. The highest BCUT2D eigenvalue weighted by Crippen LogP contribution is 2.20. The van der Waals surface area contributed by atoms with Crippen LogP contribution < -0.4 is 0 Å². The van der Waals surface area contributed by atoms with E-state index in [2.05, 4.69) is 6.92 Å². The molecule has 1 aromatic heterocycles. The van der Waals surface area contributed by atoms with E-state index in [-0.39, 0.29) is 5.91 Å². The average molecular weight is 386 g/mol. The largest absolute Gasteiger partial charge is 0.337 e. The Morgan fingerprint density at radius 3 is 2.36 bits per heavy atom. The number of thiophene rings is 1. The van der Waals surface area contributed by atoms with Gasteiger partial charge in [-0.2, -0.15) is 17.0 Å². The fourth-order valence-corrected chi connectivity index (χ4v) is 5.97. The van der Waals surface area contributed by atoms with Crippen LogP contribution in [-0.2, 0) is 16.6 Å². The van der Waals surface area contributed by atoms with Crippen molar-refractivity contribution in [2.75, 3.05) is 39.3 Å². The molecule has 1 amide bonds. The van der Waals surface area contributed by atoms with Gasteiger partial charge in [0.25, 0.3) is 16.1 Å². The predicted octanol–water partition coefficient (Wildman–Crippen LogP) is 2.19. The van der Waals surface area contributed by atoms with Gasteiger partial charge in [-0.05, 0) is 31.7 Å². The highest BCUT2D eigenvalue weighted by atomic mass is 32.2. The summed E-state index contributed by atoms with van der Waals surface area (Å²) in [6.45, 7) is 5.27. The molecule has 6 nitrogen and oxygen atoms in total. The lowest BCUT2D eigenvalue weighted by atomic mass is 10.2. The average Bonchev–Trinajstić information content (AvgIpc) is 2.98. The van der Waals surface area contributed by atoms with E-state index in [1.165, 1.54) is 4.88 Å². The molecule has 2 aliphatic rings. The third kappa shape index (κ3) is 4.24. The van der Waals surface area contributed by atoms with Gasteiger partial charge in [-0.1, -0.05) is 13.3 Å². The minimum Gasteiger partial charge on any atom is -0.337 e. The van der Waals surface area contributed by atoms with Crippen LogP contribution >= 0.6 is 11.3 Å². The zero-order valence-corrected chi connectivity index (χ0v) is 16.4. The molecule has 1 aromatic rings. The van der Waals surface area contributed by atoms with Gasteiger partial charge in [0.2, 0.25) is 0 Å². The Balaban J connectivity index is 1.64. The number of hydrogen-bond donors (Lipinski definition) is 0. The highest BCUT2D eigenvalue weighted by molar-refractivity contribution is 7.86. The van der Waals surface area contributed by atoms with E-state index in [1.54, 1.807) is 24.8 Å². The molecule has 25 heavy (non-hydrogen) atoms. The number of aryl methyl sites for hydroxylation is 1. The van der Waals surface area contributed by atoms with Gasteiger partial charge in [-0.15, -0.1) is 11.3 Å². The van der Waals surface area contributed by atoms with E-state index in [1.807, 2.05) is 11.4 Å². The maximum absolute atomic E-state index is 12.8. The van der Waals surface area contributed by atoms with E-state index in [0.717, 1.165) is 31.2 Å². The second kappa shape index (κ2) is 8.16. The Bertz CT molecular complexity index is 696. The van der Waals surface area contributed by atoms with Crippen LogP contribution in [-0.4, -0.2) is 67.1 Å². The molecule has 0 aromatic carbocycles. The molecule has 0 atom stereocenters. The maximum atomic E-state index is 12.8. The standard InChI is InChI=1S/C17H27N3O3S2/c1-2-16-13-15(14-24-16)17(21)18-7-6-10-20(12-11-18)25(22,23)19-8-4-3-5-9-19/h13-14H,2-12H2,1H3. The lowest BCUT2D eigenvalue weighted by Crippen LogP contribution is -2.47. The lowest BCUT2D eigenvalue weighted by Gasteiger charge is -2.31. The summed E-state index contributed by atoms with van der Waals surface area (Å²) < 4.78 is 28.8. The maximum Gasteiger partial charge on any atom is 0.282 e. The lowest BCUT2D eigenvalue weighted by molar-refractivity contribution is 0.0764. The Morgan fingerprint density at radius 2 is 1.68 bits per heavy atom. The van der Waals surface area contributed by atoms with Crippen LogP contribution in [0.2, 0.25) is 0 Å². The van der Waals surface area contributed by atoms with Crippen molar-refractivity contribution in [3.05, 3.63) is 21.9 Å². The third-order valence-electron chi connectivity index (χ3n) is 4.96. The van der Waals surface area contributed by atoms with Gasteiger partial charge < -0.3 is 4.90 Å². The van der Waals surface area contributed by atoms with E-state index in [0.29, 0.717) is 45.7 Å². The minimum atomic E-state index is -3.39. The summed E-state index contributed by atoms with van der Waals surface area (Å²) in [7, 11) is -3.39. The molecule has 0 bridgehead atoms. The molecule has 0 radical (unpaired) electrons. The van der Waals surface area contributed by atoms with Crippen molar-refractivity contribution in [1.82, 2.24) is 13.5 Å². The number of nitrogens with zero attached hydrogens (tertiary/aromatic N) is 3. The highest BCUT2D eigenvalue weighted by Gasteiger charge is 2.32. The Labute approximate surface area is 154 Å². The van der Waals surface area contributed by atoms with Gasteiger partial charge in [0.15, 0.2) is 0 Å². The summed E-state index contributed by atoms with van der Waals surface area (Å²) in [5, 5.41) is 1.91. The molecule has 8 heteroatoms. The van der Waals surface area contributed by atoms with Gasteiger partial charge >= 0.3 is 0 Å². The summed E-state index contributed by atoms with van der Waals surface area (Å²) in [6, 6.07) is 1.96. The van der Waals surface area contributed by atoms with E-state index in [9.17, 15) is 13.2 Å². The molecular weight excluding hydrogens is 358 g/mol. The van der Waals surface area contributed by atoms with E-state index in [4.69, 9.17) is 0 Å². The monoisotopic (exact) mass is 385 g/mol. The van der Waals surface area contributed by atoms with Crippen molar-refractivity contribution in [2.24, 2.45) is 0 Å². The normalized spacial score (nSPS) is 21.2. The first kappa shape index (κ1) is 18.8. The van der Waals surface area contributed by atoms with Gasteiger partial charge in [0.05, 0.1) is 5.56 Å². The zero-order chi connectivity index (χ0) is 17.9.